The quantitative estimate of drug-likeness (QED) is 0.584. The van der Waals surface area contributed by atoms with Crippen LogP contribution in [-0.2, 0) is 6.54 Å². The van der Waals surface area contributed by atoms with Crippen LogP contribution in [0.25, 0.3) is 23.0 Å². The molecule has 0 aliphatic heterocycles. The minimum absolute atomic E-state index is 0.0424. The molecule has 4 heterocycles. The highest BCUT2D eigenvalue weighted by Crippen LogP contribution is 2.26. The molecule has 126 valence electrons. The molecule has 0 aliphatic carbocycles. The van der Waals surface area contributed by atoms with Gasteiger partial charge in [-0.1, -0.05) is 0 Å². The summed E-state index contributed by atoms with van der Waals surface area (Å²) in [5, 5.41) is 6.83. The molecule has 1 N–H and O–H groups in total. The van der Waals surface area contributed by atoms with Gasteiger partial charge in [0.2, 0.25) is 0 Å². The number of hydrogen-bond donors (Lipinski definition) is 1. The molecule has 4 aromatic rings. The van der Waals surface area contributed by atoms with Crippen molar-refractivity contribution in [2.75, 3.05) is 0 Å². The molecule has 25 heavy (non-hydrogen) atoms. The lowest BCUT2D eigenvalue weighted by Gasteiger charge is -2.16. The Balaban J connectivity index is 1.51. The molecule has 4 rings (SSSR count). The average Bonchev–Trinajstić information content (AvgIpc) is 3.36. The summed E-state index contributed by atoms with van der Waals surface area (Å²) in [6.07, 6.45) is 8.74. The van der Waals surface area contributed by atoms with Gasteiger partial charge in [-0.3, -0.25) is 10.1 Å². The third-order valence-corrected chi connectivity index (χ3v) is 3.73. The fourth-order valence-electron chi connectivity index (χ4n) is 2.64. The standard InChI is InChI=1S/C18H17N5O2/c1-13(24-14-3-2-7-19-11-14)12-23-10-9-20-18(23)17-5-4-16(25-17)15-6-8-21-22-15/h2-11,13H,12H2,1H3,(H,21,22)/t13-/m0/s1. The second-order valence-electron chi connectivity index (χ2n) is 5.65. The highest BCUT2D eigenvalue weighted by atomic mass is 16.5. The number of aromatic nitrogens is 5. The first-order chi connectivity index (χ1) is 12.3. The van der Waals surface area contributed by atoms with Crippen LogP contribution in [-0.4, -0.2) is 30.8 Å². The van der Waals surface area contributed by atoms with Gasteiger partial charge in [-0.05, 0) is 37.3 Å². The van der Waals surface area contributed by atoms with E-state index in [0.717, 1.165) is 23.0 Å². The van der Waals surface area contributed by atoms with Crippen LogP contribution in [0.3, 0.4) is 0 Å². The zero-order chi connectivity index (χ0) is 17.1. The molecule has 0 aliphatic rings. The first-order valence-electron chi connectivity index (χ1n) is 7.97. The van der Waals surface area contributed by atoms with Crippen molar-refractivity contribution in [1.29, 1.82) is 0 Å². The van der Waals surface area contributed by atoms with Crippen molar-refractivity contribution in [3.63, 3.8) is 0 Å². The average molecular weight is 335 g/mol. The molecule has 1 atom stereocenters. The number of H-pyrrole nitrogens is 1. The lowest BCUT2D eigenvalue weighted by atomic mass is 10.3. The number of aromatic amines is 1. The normalized spacial score (nSPS) is 12.2. The minimum Gasteiger partial charge on any atom is -0.487 e. The number of hydrogen-bond acceptors (Lipinski definition) is 5. The molecular weight excluding hydrogens is 318 g/mol. The number of imidazole rings is 1. The Kier molecular flexibility index (Phi) is 4.04. The zero-order valence-electron chi connectivity index (χ0n) is 13.7. The van der Waals surface area contributed by atoms with Gasteiger partial charge < -0.3 is 13.7 Å². The van der Waals surface area contributed by atoms with Crippen molar-refractivity contribution in [1.82, 2.24) is 24.7 Å². The van der Waals surface area contributed by atoms with Crippen LogP contribution in [0.15, 0.2) is 65.7 Å². The van der Waals surface area contributed by atoms with Crippen molar-refractivity contribution < 1.29 is 9.15 Å². The summed E-state index contributed by atoms with van der Waals surface area (Å²) < 4.78 is 13.8. The van der Waals surface area contributed by atoms with Gasteiger partial charge in [0.1, 0.15) is 17.5 Å². The van der Waals surface area contributed by atoms with E-state index in [-0.39, 0.29) is 6.10 Å². The summed E-state index contributed by atoms with van der Waals surface area (Å²) >= 11 is 0. The molecule has 0 bridgehead atoms. The topological polar surface area (TPSA) is 81.8 Å². The predicted octanol–water partition coefficient (Wildman–Crippen LogP) is 3.40. The van der Waals surface area contributed by atoms with E-state index >= 15 is 0 Å². The van der Waals surface area contributed by atoms with E-state index < -0.39 is 0 Å². The Morgan fingerprint density at radius 2 is 2.08 bits per heavy atom. The molecule has 0 radical (unpaired) electrons. The van der Waals surface area contributed by atoms with Crippen molar-refractivity contribution >= 4 is 0 Å². The van der Waals surface area contributed by atoms with Gasteiger partial charge in [0, 0.05) is 24.8 Å². The Labute approximate surface area is 144 Å². The number of furan rings is 1. The van der Waals surface area contributed by atoms with Gasteiger partial charge in [0.25, 0.3) is 0 Å². The monoisotopic (exact) mass is 335 g/mol. The third-order valence-electron chi connectivity index (χ3n) is 3.73. The molecule has 7 heteroatoms. The van der Waals surface area contributed by atoms with Crippen molar-refractivity contribution in [3.8, 4) is 28.8 Å². The molecule has 0 aromatic carbocycles. The highest BCUT2D eigenvalue weighted by molar-refractivity contribution is 5.58. The van der Waals surface area contributed by atoms with E-state index in [1.807, 2.05) is 48.0 Å². The summed E-state index contributed by atoms with van der Waals surface area (Å²) in [6, 6.07) is 9.41. The summed E-state index contributed by atoms with van der Waals surface area (Å²) in [5.74, 6) is 2.92. The van der Waals surface area contributed by atoms with E-state index in [1.54, 1.807) is 24.8 Å². The fourth-order valence-corrected chi connectivity index (χ4v) is 2.64. The van der Waals surface area contributed by atoms with Gasteiger partial charge in [0.15, 0.2) is 17.3 Å². The molecule has 0 spiro atoms. The van der Waals surface area contributed by atoms with E-state index in [4.69, 9.17) is 9.15 Å². The Morgan fingerprint density at radius 1 is 1.16 bits per heavy atom. The van der Waals surface area contributed by atoms with Crippen molar-refractivity contribution in [2.45, 2.75) is 19.6 Å². The molecule has 0 saturated heterocycles. The number of ether oxygens (including phenoxy) is 1. The smallest absolute Gasteiger partial charge is 0.176 e. The second-order valence-corrected chi connectivity index (χ2v) is 5.65. The Bertz CT molecular complexity index is 927. The van der Waals surface area contributed by atoms with Gasteiger partial charge in [-0.2, -0.15) is 5.10 Å². The molecule has 7 nitrogen and oxygen atoms in total. The summed E-state index contributed by atoms with van der Waals surface area (Å²) in [7, 11) is 0. The highest BCUT2D eigenvalue weighted by Gasteiger charge is 2.15. The number of nitrogens with one attached hydrogen (secondary N) is 1. The molecule has 0 unspecified atom stereocenters. The van der Waals surface area contributed by atoms with Gasteiger partial charge in [-0.25, -0.2) is 4.98 Å². The van der Waals surface area contributed by atoms with E-state index in [1.165, 1.54) is 0 Å². The minimum atomic E-state index is -0.0424. The van der Waals surface area contributed by atoms with Crippen LogP contribution in [0.1, 0.15) is 6.92 Å². The predicted molar refractivity (Wildman–Crippen MR) is 91.8 cm³/mol. The van der Waals surface area contributed by atoms with E-state index in [0.29, 0.717) is 12.3 Å². The Hall–Kier alpha value is -3.35. The van der Waals surface area contributed by atoms with Crippen LogP contribution in [0.4, 0.5) is 0 Å². The van der Waals surface area contributed by atoms with E-state index in [9.17, 15) is 0 Å². The summed E-state index contributed by atoms with van der Waals surface area (Å²) in [4.78, 5) is 8.48. The molecule has 0 amide bonds. The van der Waals surface area contributed by atoms with E-state index in [2.05, 4.69) is 20.2 Å². The first kappa shape index (κ1) is 15.2. The summed E-state index contributed by atoms with van der Waals surface area (Å²) in [5.41, 5.74) is 0.831. The largest absolute Gasteiger partial charge is 0.487 e. The lowest BCUT2D eigenvalue weighted by molar-refractivity contribution is 0.199. The molecule has 0 fully saturated rings. The zero-order valence-corrected chi connectivity index (χ0v) is 13.7. The molecular formula is C18H17N5O2. The van der Waals surface area contributed by atoms with Crippen LogP contribution in [0, 0.1) is 0 Å². The maximum atomic E-state index is 5.91. The number of pyridine rings is 1. The first-order valence-corrected chi connectivity index (χ1v) is 7.97. The van der Waals surface area contributed by atoms with Crippen molar-refractivity contribution in [3.05, 3.63) is 61.3 Å². The maximum absolute atomic E-state index is 5.91. The van der Waals surface area contributed by atoms with Crippen molar-refractivity contribution in [2.24, 2.45) is 0 Å². The Morgan fingerprint density at radius 3 is 2.88 bits per heavy atom. The van der Waals surface area contributed by atoms with Gasteiger partial charge in [-0.15, -0.1) is 0 Å². The van der Waals surface area contributed by atoms with Crippen LogP contribution < -0.4 is 4.74 Å². The molecule has 4 aromatic heterocycles. The SMILES string of the molecule is C[C@@H](Cn1ccnc1-c1ccc(-c2ccn[nH]2)o1)Oc1cccnc1. The summed E-state index contributed by atoms with van der Waals surface area (Å²) in [6.45, 7) is 2.65. The van der Waals surface area contributed by atoms with Gasteiger partial charge in [0.05, 0.1) is 12.7 Å². The maximum Gasteiger partial charge on any atom is 0.176 e. The third kappa shape index (κ3) is 3.30. The fraction of sp³-hybridized carbons (Fsp3) is 0.167. The van der Waals surface area contributed by atoms with Crippen LogP contribution >= 0.6 is 0 Å². The number of nitrogens with zero attached hydrogens (tertiary/aromatic N) is 4. The van der Waals surface area contributed by atoms with Crippen LogP contribution in [0.2, 0.25) is 0 Å². The number of rotatable bonds is 6. The van der Waals surface area contributed by atoms with Crippen LogP contribution in [0.5, 0.6) is 5.75 Å². The molecule has 0 saturated carbocycles. The second kappa shape index (κ2) is 6.64. The van der Waals surface area contributed by atoms with Gasteiger partial charge >= 0.3 is 0 Å². The lowest BCUT2D eigenvalue weighted by Crippen LogP contribution is -2.19.